The van der Waals surface area contributed by atoms with Crippen LogP contribution in [0.2, 0.25) is 0 Å². The van der Waals surface area contributed by atoms with Gasteiger partial charge in [0.25, 0.3) is 0 Å². The average Bonchev–Trinajstić information content (AvgIpc) is 2.90. The van der Waals surface area contributed by atoms with Crippen molar-refractivity contribution in [2.45, 2.75) is 26.2 Å². The van der Waals surface area contributed by atoms with Gasteiger partial charge >= 0.3 is 0 Å². The lowest BCUT2D eigenvalue weighted by molar-refractivity contribution is 0.267. The van der Waals surface area contributed by atoms with Gasteiger partial charge in [-0.15, -0.1) is 0 Å². The van der Waals surface area contributed by atoms with Gasteiger partial charge in [0.05, 0.1) is 38.5 Å². The van der Waals surface area contributed by atoms with Gasteiger partial charge in [-0.05, 0) is 26.0 Å². The van der Waals surface area contributed by atoms with Gasteiger partial charge < -0.3 is 18.7 Å². The fourth-order valence-corrected chi connectivity index (χ4v) is 2.50. The predicted molar refractivity (Wildman–Crippen MR) is 84.0 cm³/mol. The van der Waals surface area contributed by atoms with E-state index < -0.39 is 0 Å². The van der Waals surface area contributed by atoms with Crippen LogP contribution in [0.15, 0.2) is 22.7 Å². The number of ether oxygens (including phenoxy) is 3. The number of rotatable bonds is 7. The van der Waals surface area contributed by atoms with Gasteiger partial charge in [-0.2, -0.15) is 5.26 Å². The maximum atomic E-state index is 9.42. The zero-order chi connectivity index (χ0) is 16.8. The Morgan fingerprint density at radius 1 is 1.22 bits per heavy atom. The van der Waals surface area contributed by atoms with Crippen molar-refractivity contribution in [2.75, 3.05) is 20.8 Å². The topological polar surface area (TPSA) is 77.5 Å². The first kappa shape index (κ1) is 16.7. The second-order valence-corrected chi connectivity index (χ2v) is 5.05. The van der Waals surface area contributed by atoms with Gasteiger partial charge in [-0.1, -0.05) is 11.2 Å². The highest BCUT2D eigenvalue weighted by molar-refractivity contribution is 5.51. The molecule has 0 fully saturated rings. The molecular weight excluding hydrogens is 296 g/mol. The SMILES string of the molecule is COc1cccc(OC)c1OCCC(C#N)c1c(C)noc1C. The molecule has 1 aromatic carbocycles. The standard InChI is InChI=1S/C17H20N2O4/c1-11-16(12(2)23-19-11)13(10-18)8-9-22-17-14(20-3)6-5-7-15(17)21-4/h5-7,13H,8-9H2,1-4H3. The van der Waals surface area contributed by atoms with Crippen molar-refractivity contribution >= 4 is 0 Å². The molecule has 2 aromatic rings. The van der Waals surface area contributed by atoms with Crippen molar-refractivity contribution in [3.63, 3.8) is 0 Å². The number of hydrogen-bond donors (Lipinski definition) is 0. The van der Waals surface area contributed by atoms with Crippen LogP contribution in [0.5, 0.6) is 17.2 Å². The minimum Gasteiger partial charge on any atom is -0.493 e. The third-order valence-electron chi connectivity index (χ3n) is 3.63. The molecule has 0 aliphatic rings. The number of para-hydroxylation sites is 1. The summed E-state index contributed by atoms with van der Waals surface area (Å²) in [5.74, 6) is 2.06. The summed E-state index contributed by atoms with van der Waals surface area (Å²) in [5, 5.41) is 13.3. The molecule has 0 spiro atoms. The van der Waals surface area contributed by atoms with Crippen molar-refractivity contribution in [3.05, 3.63) is 35.2 Å². The lowest BCUT2D eigenvalue weighted by Gasteiger charge is -2.15. The zero-order valence-corrected chi connectivity index (χ0v) is 13.8. The second kappa shape index (κ2) is 7.54. The molecule has 6 heteroatoms. The normalized spacial score (nSPS) is 11.6. The molecule has 0 saturated heterocycles. The number of hydrogen-bond acceptors (Lipinski definition) is 6. The molecule has 0 radical (unpaired) electrons. The van der Waals surface area contributed by atoms with Crippen molar-refractivity contribution in [1.29, 1.82) is 5.26 Å². The van der Waals surface area contributed by atoms with E-state index in [1.807, 2.05) is 19.9 Å². The number of nitrogens with zero attached hydrogens (tertiary/aromatic N) is 2. The maximum absolute atomic E-state index is 9.42. The highest BCUT2D eigenvalue weighted by Gasteiger charge is 2.21. The van der Waals surface area contributed by atoms with E-state index in [4.69, 9.17) is 18.7 Å². The molecule has 23 heavy (non-hydrogen) atoms. The van der Waals surface area contributed by atoms with Crippen LogP contribution < -0.4 is 14.2 Å². The van der Waals surface area contributed by atoms with Crippen molar-refractivity contribution < 1.29 is 18.7 Å². The molecule has 0 aliphatic carbocycles. The van der Waals surface area contributed by atoms with Crippen LogP contribution in [0.3, 0.4) is 0 Å². The Bertz CT molecular complexity index is 661. The predicted octanol–water partition coefficient (Wildman–Crippen LogP) is 3.38. The van der Waals surface area contributed by atoms with Crippen molar-refractivity contribution in [3.8, 4) is 23.3 Å². The van der Waals surface area contributed by atoms with Crippen LogP contribution in [0.4, 0.5) is 0 Å². The smallest absolute Gasteiger partial charge is 0.203 e. The van der Waals surface area contributed by atoms with Crippen LogP contribution in [0.25, 0.3) is 0 Å². The van der Waals surface area contributed by atoms with Gasteiger partial charge in [0.15, 0.2) is 11.5 Å². The Balaban J connectivity index is 2.09. The molecule has 0 N–H and O–H groups in total. The Morgan fingerprint density at radius 3 is 2.35 bits per heavy atom. The Morgan fingerprint density at radius 2 is 1.87 bits per heavy atom. The quantitative estimate of drug-likeness (QED) is 0.779. The van der Waals surface area contributed by atoms with Gasteiger partial charge in [-0.3, -0.25) is 0 Å². The summed E-state index contributed by atoms with van der Waals surface area (Å²) in [7, 11) is 3.15. The monoisotopic (exact) mass is 316 g/mol. The van der Waals surface area contributed by atoms with Gasteiger partial charge in [0.2, 0.25) is 5.75 Å². The number of aromatic nitrogens is 1. The Kier molecular flexibility index (Phi) is 5.47. The highest BCUT2D eigenvalue weighted by atomic mass is 16.5. The van der Waals surface area contributed by atoms with Gasteiger partial charge in [0.1, 0.15) is 5.76 Å². The number of methoxy groups -OCH3 is 2. The highest BCUT2D eigenvalue weighted by Crippen LogP contribution is 2.37. The first-order chi connectivity index (χ1) is 11.1. The molecule has 122 valence electrons. The van der Waals surface area contributed by atoms with Gasteiger partial charge in [0, 0.05) is 12.0 Å². The molecule has 1 aromatic heterocycles. The number of nitriles is 1. The van der Waals surface area contributed by atoms with Crippen LogP contribution in [-0.2, 0) is 0 Å². The Hall–Kier alpha value is -2.68. The maximum Gasteiger partial charge on any atom is 0.203 e. The summed E-state index contributed by atoms with van der Waals surface area (Å²) in [6.07, 6.45) is 0.514. The minimum absolute atomic E-state index is 0.332. The van der Waals surface area contributed by atoms with E-state index >= 15 is 0 Å². The Labute approximate surface area is 135 Å². The first-order valence-corrected chi connectivity index (χ1v) is 7.28. The minimum atomic E-state index is -0.332. The molecule has 0 amide bonds. The number of aryl methyl sites for hydroxylation is 2. The van der Waals surface area contributed by atoms with E-state index in [1.165, 1.54) is 0 Å². The molecule has 0 saturated carbocycles. The van der Waals surface area contributed by atoms with Crippen LogP contribution >= 0.6 is 0 Å². The number of benzene rings is 1. The van der Waals surface area contributed by atoms with E-state index in [-0.39, 0.29) is 5.92 Å². The average molecular weight is 316 g/mol. The summed E-state index contributed by atoms with van der Waals surface area (Å²) < 4.78 is 21.5. The van der Waals surface area contributed by atoms with Crippen LogP contribution in [-0.4, -0.2) is 26.0 Å². The van der Waals surface area contributed by atoms with E-state index in [2.05, 4.69) is 11.2 Å². The summed E-state index contributed by atoms with van der Waals surface area (Å²) >= 11 is 0. The molecule has 1 unspecified atom stereocenters. The lowest BCUT2D eigenvalue weighted by atomic mass is 9.96. The van der Waals surface area contributed by atoms with E-state index in [9.17, 15) is 5.26 Å². The summed E-state index contributed by atoms with van der Waals surface area (Å²) in [4.78, 5) is 0. The van der Waals surface area contributed by atoms with Crippen molar-refractivity contribution in [2.24, 2.45) is 0 Å². The van der Waals surface area contributed by atoms with Gasteiger partial charge in [-0.25, -0.2) is 0 Å². The summed E-state index contributed by atoms with van der Waals surface area (Å²) in [6.45, 7) is 3.99. The summed E-state index contributed by atoms with van der Waals surface area (Å²) in [6, 6.07) is 7.71. The zero-order valence-electron chi connectivity index (χ0n) is 13.8. The molecule has 0 aliphatic heterocycles. The van der Waals surface area contributed by atoms with Crippen LogP contribution in [0.1, 0.15) is 29.4 Å². The lowest BCUT2D eigenvalue weighted by Crippen LogP contribution is -2.07. The fraction of sp³-hybridized carbons (Fsp3) is 0.412. The molecule has 1 heterocycles. The van der Waals surface area contributed by atoms with E-state index in [0.29, 0.717) is 36.0 Å². The van der Waals surface area contributed by atoms with E-state index in [1.54, 1.807) is 26.4 Å². The summed E-state index contributed by atoms with van der Waals surface area (Å²) in [5.41, 5.74) is 1.58. The first-order valence-electron chi connectivity index (χ1n) is 7.28. The van der Waals surface area contributed by atoms with E-state index in [0.717, 1.165) is 11.3 Å². The van der Waals surface area contributed by atoms with Crippen LogP contribution in [0, 0.1) is 25.2 Å². The molecular formula is C17H20N2O4. The molecule has 6 nitrogen and oxygen atoms in total. The second-order valence-electron chi connectivity index (χ2n) is 5.05. The fourth-order valence-electron chi connectivity index (χ4n) is 2.50. The third kappa shape index (κ3) is 3.57. The molecule has 2 rings (SSSR count). The third-order valence-corrected chi connectivity index (χ3v) is 3.63. The molecule has 1 atom stereocenters. The van der Waals surface area contributed by atoms with Crippen molar-refractivity contribution in [1.82, 2.24) is 5.16 Å². The largest absolute Gasteiger partial charge is 0.493 e. The molecule has 0 bridgehead atoms.